The molecular weight excluding hydrogens is 158 g/mol. The third-order valence-electron chi connectivity index (χ3n) is 1.57. The Kier molecular flexibility index (Phi) is 4.85. The Morgan fingerprint density at radius 2 is 1.92 bits per heavy atom. The zero-order chi connectivity index (χ0) is 9.72. The quantitative estimate of drug-likeness (QED) is 0.553. The number of rotatable bonds is 5. The van der Waals surface area contributed by atoms with Crippen molar-refractivity contribution in [3.05, 3.63) is 0 Å². The molecule has 1 unspecified atom stereocenters. The number of carbonyl (C=O) groups is 1. The lowest BCUT2D eigenvalue weighted by Crippen LogP contribution is -2.43. The molecule has 0 amide bonds. The Morgan fingerprint density at radius 3 is 2.17 bits per heavy atom. The van der Waals surface area contributed by atoms with Crippen LogP contribution in [0.2, 0.25) is 0 Å². The SMILES string of the molecule is CC(C)C(NC[C@@H](C)O)C(=O)O. The number of nitrogens with one attached hydrogen (secondary N) is 1. The zero-order valence-electron chi connectivity index (χ0n) is 7.74. The van der Waals surface area contributed by atoms with E-state index in [9.17, 15) is 4.79 Å². The molecule has 12 heavy (non-hydrogen) atoms. The number of aliphatic carboxylic acids is 1. The zero-order valence-corrected chi connectivity index (χ0v) is 7.74. The van der Waals surface area contributed by atoms with E-state index in [1.54, 1.807) is 6.92 Å². The van der Waals surface area contributed by atoms with E-state index >= 15 is 0 Å². The average molecular weight is 175 g/mol. The van der Waals surface area contributed by atoms with Gasteiger partial charge in [-0.3, -0.25) is 4.79 Å². The summed E-state index contributed by atoms with van der Waals surface area (Å²) in [4.78, 5) is 10.6. The van der Waals surface area contributed by atoms with Crippen molar-refractivity contribution >= 4 is 5.97 Å². The van der Waals surface area contributed by atoms with Gasteiger partial charge in [-0.25, -0.2) is 0 Å². The first-order valence-corrected chi connectivity index (χ1v) is 4.09. The van der Waals surface area contributed by atoms with Crippen LogP contribution in [-0.2, 0) is 4.79 Å². The molecule has 0 saturated carbocycles. The molecule has 0 aliphatic rings. The average Bonchev–Trinajstić information content (AvgIpc) is 1.84. The van der Waals surface area contributed by atoms with Crippen molar-refractivity contribution in [3.63, 3.8) is 0 Å². The Morgan fingerprint density at radius 1 is 1.42 bits per heavy atom. The summed E-state index contributed by atoms with van der Waals surface area (Å²) in [5.41, 5.74) is 0. The molecule has 0 rings (SSSR count). The van der Waals surface area contributed by atoms with E-state index in [-0.39, 0.29) is 5.92 Å². The van der Waals surface area contributed by atoms with Crippen molar-refractivity contribution in [2.24, 2.45) is 5.92 Å². The van der Waals surface area contributed by atoms with Gasteiger partial charge >= 0.3 is 5.97 Å². The molecule has 0 aromatic rings. The first-order valence-electron chi connectivity index (χ1n) is 4.09. The number of carboxylic acid groups (broad SMARTS) is 1. The van der Waals surface area contributed by atoms with Gasteiger partial charge in [0.05, 0.1) is 6.10 Å². The fraction of sp³-hybridized carbons (Fsp3) is 0.875. The van der Waals surface area contributed by atoms with E-state index < -0.39 is 18.1 Å². The lowest BCUT2D eigenvalue weighted by atomic mass is 10.0. The van der Waals surface area contributed by atoms with Crippen LogP contribution in [0.3, 0.4) is 0 Å². The van der Waals surface area contributed by atoms with Crippen LogP contribution in [0.15, 0.2) is 0 Å². The normalized spacial score (nSPS) is 16.1. The molecule has 0 aliphatic carbocycles. The number of hydrogen-bond acceptors (Lipinski definition) is 3. The van der Waals surface area contributed by atoms with Crippen molar-refractivity contribution in [1.29, 1.82) is 0 Å². The van der Waals surface area contributed by atoms with Gasteiger partial charge in [-0.1, -0.05) is 13.8 Å². The molecule has 0 radical (unpaired) electrons. The second-order valence-electron chi connectivity index (χ2n) is 3.32. The highest BCUT2D eigenvalue weighted by Crippen LogP contribution is 2.01. The molecule has 4 heteroatoms. The van der Waals surface area contributed by atoms with Gasteiger partial charge in [0.25, 0.3) is 0 Å². The fourth-order valence-electron chi connectivity index (χ4n) is 0.906. The maximum atomic E-state index is 10.6. The van der Waals surface area contributed by atoms with Crippen LogP contribution in [0.25, 0.3) is 0 Å². The topological polar surface area (TPSA) is 69.6 Å². The standard InChI is InChI=1S/C8H17NO3/c1-5(2)7(8(11)12)9-4-6(3)10/h5-7,9-10H,4H2,1-3H3,(H,11,12)/t6-,7?/m1/s1. The minimum Gasteiger partial charge on any atom is -0.480 e. The Labute approximate surface area is 72.6 Å². The lowest BCUT2D eigenvalue weighted by Gasteiger charge is -2.18. The highest BCUT2D eigenvalue weighted by Gasteiger charge is 2.20. The molecule has 0 bridgehead atoms. The summed E-state index contributed by atoms with van der Waals surface area (Å²) in [5.74, 6) is -0.841. The number of carboxylic acids is 1. The first-order chi connectivity index (χ1) is 5.45. The van der Waals surface area contributed by atoms with Crippen molar-refractivity contribution in [2.75, 3.05) is 6.54 Å². The number of aliphatic hydroxyl groups is 1. The van der Waals surface area contributed by atoms with Crippen LogP contribution in [0.1, 0.15) is 20.8 Å². The van der Waals surface area contributed by atoms with Crippen LogP contribution in [0.4, 0.5) is 0 Å². The summed E-state index contributed by atoms with van der Waals surface area (Å²) >= 11 is 0. The van der Waals surface area contributed by atoms with E-state index in [0.717, 1.165) is 0 Å². The van der Waals surface area contributed by atoms with Gasteiger partial charge in [-0.05, 0) is 12.8 Å². The molecule has 2 atom stereocenters. The predicted molar refractivity (Wildman–Crippen MR) is 45.9 cm³/mol. The van der Waals surface area contributed by atoms with E-state index in [1.165, 1.54) is 0 Å². The third-order valence-corrected chi connectivity index (χ3v) is 1.57. The smallest absolute Gasteiger partial charge is 0.320 e. The van der Waals surface area contributed by atoms with E-state index in [1.807, 2.05) is 13.8 Å². The molecule has 0 aromatic heterocycles. The van der Waals surface area contributed by atoms with Gasteiger partial charge in [0, 0.05) is 6.54 Å². The van der Waals surface area contributed by atoms with Gasteiger partial charge in [0.1, 0.15) is 6.04 Å². The van der Waals surface area contributed by atoms with Crippen LogP contribution in [0, 0.1) is 5.92 Å². The van der Waals surface area contributed by atoms with Crippen LogP contribution in [-0.4, -0.2) is 34.9 Å². The van der Waals surface area contributed by atoms with Crippen molar-refractivity contribution in [1.82, 2.24) is 5.32 Å². The molecular formula is C8H17NO3. The van der Waals surface area contributed by atoms with Crippen molar-refractivity contribution in [2.45, 2.75) is 32.9 Å². The van der Waals surface area contributed by atoms with Crippen LogP contribution >= 0.6 is 0 Å². The van der Waals surface area contributed by atoms with Crippen LogP contribution < -0.4 is 5.32 Å². The minimum absolute atomic E-state index is 0.0289. The van der Waals surface area contributed by atoms with Gasteiger partial charge < -0.3 is 15.5 Å². The molecule has 0 fully saturated rings. The van der Waals surface area contributed by atoms with Gasteiger partial charge in [-0.2, -0.15) is 0 Å². The molecule has 0 heterocycles. The summed E-state index contributed by atoms with van der Waals surface area (Å²) in [6, 6.07) is -0.570. The first kappa shape index (κ1) is 11.4. The third kappa shape index (κ3) is 4.31. The largest absolute Gasteiger partial charge is 0.480 e. The number of aliphatic hydroxyl groups excluding tert-OH is 1. The molecule has 3 N–H and O–H groups in total. The molecule has 4 nitrogen and oxygen atoms in total. The Bertz CT molecular complexity index is 145. The Balaban J connectivity index is 3.88. The lowest BCUT2D eigenvalue weighted by molar-refractivity contribution is -0.140. The second kappa shape index (κ2) is 5.11. The number of hydrogen-bond donors (Lipinski definition) is 3. The summed E-state index contributed by atoms with van der Waals surface area (Å²) in [6.07, 6.45) is -0.509. The summed E-state index contributed by atoms with van der Waals surface area (Å²) in [7, 11) is 0. The van der Waals surface area contributed by atoms with Gasteiger partial charge in [0.15, 0.2) is 0 Å². The molecule has 0 aromatic carbocycles. The summed E-state index contributed by atoms with van der Waals surface area (Å²) in [6.45, 7) is 5.59. The maximum absolute atomic E-state index is 10.6. The molecule has 0 aliphatic heterocycles. The predicted octanol–water partition coefficient (Wildman–Crippen LogP) is 0.0660. The van der Waals surface area contributed by atoms with E-state index in [0.29, 0.717) is 6.54 Å². The Hall–Kier alpha value is -0.610. The van der Waals surface area contributed by atoms with Crippen LogP contribution in [0.5, 0.6) is 0 Å². The van der Waals surface area contributed by atoms with Crippen molar-refractivity contribution in [3.8, 4) is 0 Å². The molecule has 0 spiro atoms. The summed E-state index contributed by atoms with van der Waals surface area (Å²) < 4.78 is 0. The second-order valence-corrected chi connectivity index (χ2v) is 3.32. The highest BCUT2D eigenvalue weighted by atomic mass is 16.4. The molecule has 72 valence electrons. The highest BCUT2D eigenvalue weighted by molar-refractivity contribution is 5.73. The van der Waals surface area contributed by atoms with E-state index in [2.05, 4.69) is 5.32 Å². The van der Waals surface area contributed by atoms with Gasteiger partial charge in [0.2, 0.25) is 0 Å². The van der Waals surface area contributed by atoms with Gasteiger partial charge in [-0.15, -0.1) is 0 Å². The molecule has 0 saturated heterocycles. The fourth-order valence-corrected chi connectivity index (χ4v) is 0.906. The maximum Gasteiger partial charge on any atom is 0.320 e. The van der Waals surface area contributed by atoms with E-state index in [4.69, 9.17) is 10.2 Å². The van der Waals surface area contributed by atoms with Crippen molar-refractivity contribution < 1.29 is 15.0 Å². The summed E-state index contributed by atoms with van der Waals surface area (Å²) in [5, 5.41) is 20.4. The monoisotopic (exact) mass is 175 g/mol. The minimum atomic E-state index is -0.870.